The number of aliphatic hydroxyl groups excluding tert-OH is 1. The molecule has 5 atom stereocenters. The number of nitrogens with zero attached hydrogens (tertiary/aromatic N) is 2. The predicted octanol–water partition coefficient (Wildman–Crippen LogP) is 2.15. The molecular formula is C20H26N2O5. The predicted molar refractivity (Wildman–Crippen MR) is 97.5 cm³/mol. The summed E-state index contributed by atoms with van der Waals surface area (Å²) < 4.78 is 24.1. The molecule has 3 aliphatic rings. The van der Waals surface area contributed by atoms with E-state index in [4.69, 9.17) is 18.9 Å². The summed E-state index contributed by atoms with van der Waals surface area (Å²) in [5.74, 6) is -1.59. The third-order valence-corrected chi connectivity index (χ3v) is 5.22. The van der Waals surface area contributed by atoms with Crippen molar-refractivity contribution in [1.82, 2.24) is 0 Å². The molecule has 2 heterocycles. The Morgan fingerprint density at radius 3 is 2.52 bits per heavy atom. The van der Waals surface area contributed by atoms with E-state index in [9.17, 15) is 5.11 Å². The lowest BCUT2D eigenvalue weighted by atomic mass is 9.96. The van der Waals surface area contributed by atoms with E-state index in [-0.39, 0.29) is 6.61 Å². The number of aliphatic hydroxyl groups is 1. The van der Waals surface area contributed by atoms with Crippen molar-refractivity contribution < 1.29 is 24.1 Å². The highest BCUT2D eigenvalue weighted by molar-refractivity contribution is 5.43. The monoisotopic (exact) mass is 374 g/mol. The average molecular weight is 374 g/mol. The molecule has 4 rings (SSSR count). The van der Waals surface area contributed by atoms with Crippen LogP contribution in [0.1, 0.15) is 33.3 Å². The van der Waals surface area contributed by atoms with Crippen LogP contribution in [0.5, 0.6) is 0 Å². The molecule has 0 unspecified atom stereocenters. The van der Waals surface area contributed by atoms with E-state index in [1.54, 1.807) is 0 Å². The Hall–Kier alpha value is -1.60. The molecule has 1 spiro atoms. The summed E-state index contributed by atoms with van der Waals surface area (Å²) in [5.41, 5.74) is 0.130. The molecule has 1 aliphatic carbocycles. The van der Waals surface area contributed by atoms with Crippen LogP contribution in [0.25, 0.3) is 0 Å². The van der Waals surface area contributed by atoms with Crippen LogP contribution in [0.3, 0.4) is 0 Å². The van der Waals surface area contributed by atoms with Crippen LogP contribution >= 0.6 is 0 Å². The molecule has 2 aliphatic heterocycles. The molecule has 0 radical (unpaired) electrons. The minimum absolute atomic E-state index is 0.256. The normalized spacial score (nSPS) is 38.6. The maximum Gasteiger partial charge on any atom is 0.164 e. The van der Waals surface area contributed by atoms with E-state index in [1.807, 2.05) is 58.0 Å². The van der Waals surface area contributed by atoms with Gasteiger partial charge in [0.1, 0.15) is 30.0 Å². The van der Waals surface area contributed by atoms with Gasteiger partial charge in [0, 0.05) is 0 Å². The first-order valence-corrected chi connectivity index (χ1v) is 9.26. The summed E-state index contributed by atoms with van der Waals surface area (Å²) in [6.07, 6.45) is -1.91. The fourth-order valence-electron chi connectivity index (χ4n) is 4.14. The number of benzene rings is 1. The quantitative estimate of drug-likeness (QED) is 0.820. The minimum Gasteiger partial charge on any atom is -0.388 e. The second kappa shape index (κ2) is 6.48. The maximum atomic E-state index is 10.9. The summed E-state index contributed by atoms with van der Waals surface area (Å²) in [7, 11) is 0. The van der Waals surface area contributed by atoms with Crippen LogP contribution in [0.4, 0.5) is 0 Å². The Bertz CT molecular complexity index is 759. The summed E-state index contributed by atoms with van der Waals surface area (Å²) in [5, 5.41) is 10.9. The Balaban J connectivity index is 1.60. The van der Waals surface area contributed by atoms with E-state index < -0.39 is 41.5 Å². The molecule has 0 bridgehead atoms. The van der Waals surface area contributed by atoms with Crippen LogP contribution in [0, 0.1) is 0 Å². The summed E-state index contributed by atoms with van der Waals surface area (Å²) in [4.78, 5) is 8.67. The van der Waals surface area contributed by atoms with Crippen LogP contribution in [-0.2, 0) is 25.5 Å². The van der Waals surface area contributed by atoms with Crippen molar-refractivity contribution >= 4 is 6.01 Å². The lowest BCUT2D eigenvalue weighted by molar-refractivity contribution is -0.215. The molecule has 1 aromatic rings. The summed E-state index contributed by atoms with van der Waals surface area (Å²) >= 11 is 0. The van der Waals surface area contributed by atoms with Crippen molar-refractivity contribution in [2.75, 3.05) is 6.61 Å². The molecular weight excluding hydrogens is 348 g/mol. The SMILES string of the molecule is CC1(C)O[C@H]2[C@@H](O)[C@@H](N=C=NCc3ccccc3)[C@@]3(COC(C)(C)O3)[C@H]2O1. The van der Waals surface area contributed by atoms with Gasteiger partial charge in [-0.1, -0.05) is 30.3 Å². The molecule has 0 amide bonds. The Labute approximate surface area is 159 Å². The number of rotatable bonds is 3. The van der Waals surface area contributed by atoms with Gasteiger partial charge in [-0.05, 0) is 33.3 Å². The van der Waals surface area contributed by atoms with E-state index in [0.717, 1.165) is 5.56 Å². The summed E-state index contributed by atoms with van der Waals surface area (Å²) in [6, 6.07) is 12.0. The summed E-state index contributed by atoms with van der Waals surface area (Å²) in [6.45, 7) is 8.06. The topological polar surface area (TPSA) is 81.9 Å². The molecule has 3 fully saturated rings. The molecule has 1 saturated carbocycles. The second-order valence-corrected chi connectivity index (χ2v) is 8.23. The third-order valence-electron chi connectivity index (χ3n) is 5.22. The number of hydrogen-bond acceptors (Lipinski definition) is 7. The van der Waals surface area contributed by atoms with Crippen molar-refractivity contribution in [2.24, 2.45) is 9.98 Å². The van der Waals surface area contributed by atoms with E-state index in [1.165, 1.54) is 0 Å². The van der Waals surface area contributed by atoms with Crippen molar-refractivity contribution in [3.63, 3.8) is 0 Å². The first-order valence-electron chi connectivity index (χ1n) is 9.26. The first kappa shape index (κ1) is 18.7. The number of fused-ring (bicyclic) bond motifs is 2. The van der Waals surface area contributed by atoms with Gasteiger partial charge in [-0.25, -0.2) is 9.98 Å². The van der Waals surface area contributed by atoms with Crippen LogP contribution in [0.15, 0.2) is 40.3 Å². The Kier molecular flexibility index (Phi) is 4.50. The highest BCUT2D eigenvalue weighted by Crippen LogP contribution is 2.51. The molecule has 27 heavy (non-hydrogen) atoms. The smallest absolute Gasteiger partial charge is 0.164 e. The molecule has 1 aromatic carbocycles. The molecule has 2 saturated heterocycles. The van der Waals surface area contributed by atoms with Gasteiger partial charge in [0.15, 0.2) is 11.6 Å². The van der Waals surface area contributed by atoms with Crippen LogP contribution in [-0.4, -0.2) is 59.3 Å². The molecule has 0 aromatic heterocycles. The van der Waals surface area contributed by atoms with Crippen LogP contribution in [0.2, 0.25) is 0 Å². The van der Waals surface area contributed by atoms with E-state index in [0.29, 0.717) is 6.54 Å². The van der Waals surface area contributed by atoms with Crippen molar-refractivity contribution in [2.45, 2.75) is 75.8 Å². The Morgan fingerprint density at radius 1 is 1.11 bits per heavy atom. The highest BCUT2D eigenvalue weighted by Gasteiger charge is 2.71. The van der Waals surface area contributed by atoms with Gasteiger partial charge in [-0.3, -0.25) is 0 Å². The van der Waals surface area contributed by atoms with Gasteiger partial charge >= 0.3 is 0 Å². The van der Waals surface area contributed by atoms with Gasteiger partial charge < -0.3 is 24.1 Å². The highest BCUT2D eigenvalue weighted by atomic mass is 16.8. The van der Waals surface area contributed by atoms with Gasteiger partial charge in [-0.15, -0.1) is 0 Å². The van der Waals surface area contributed by atoms with Gasteiger partial charge in [0.2, 0.25) is 0 Å². The third kappa shape index (κ3) is 3.36. The van der Waals surface area contributed by atoms with E-state index in [2.05, 4.69) is 16.0 Å². The van der Waals surface area contributed by atoms with Gasteiger partial charge in [0.05, 0.1) is 19.2 Å². The van der Waals surface area contributed by atoms with Gasteiger partial charge in [-0.2, -0.15) is 0 Å². The number of ether oxygens (including phenoxy) is 4. The molecule has 146 valence electrons. The molecule has 7 nitrogen and oxygen atoms in total. The van der Waals surface area contributed by atoms with Crippen molar-refractivity contribution in [3.8, 4) is 0 Å². The lowest BCUT2D eigenvalue weighted by Crippen LogP contribution is -2.52. The maximum absolute atomic E-state index is 10.9. The van der Waals surface area contributed by atoms with E-state index >= 15 is 0 Å². The lowest BCUT2D eigenvalue weighted by Gasteiger charge is -2.33. The minimum atomic E-state index is -0.934. The van der Waals surface area contributed by atoms with Crippen molar-refractivity contribution in [3.05, 3.63) is 35.9 Å². The largest absolute Gasteiger partial charge is 0.388 e. The standard InChI is InChI=1S/C20H26N2O5/c1-18(2)24-11-20(27-18)16(14(23)15-17(20)26-19(3,4)25-15)22-12-21-10-13-8-6-5-7-9-13/h5-9,14-17,23H,10-11H2,1-4H3/t14-,15+,16-,17+,20+/m1/s1. The second-order valence-electron chi connectivity index (χ2n) is 8.23. The first-order chi connectivity index (χ1) is 12.7. The van der Waals surface area contributed by atoms with Crippen molar-refractivity contribution in [1.29, 1.82) is 0 Å². The number of aliphatic imine (C=N–C) groups is 2. The van der Waals surface area contributed by atoms with Crippen LogP contribution < -0.4 is 0 Å². The molecule has 7 heteroatoms. The zero-order chi connectivity index (χ0) is 19.3. The zero-order valence-electron chi connectivity index (χ0n) is 16.1. The van der Waals surface area contributed by atoms with Gasteiger partial charge in [0.25, 0.3) is 0 Å². The fourth-order valence-corrected chi connectivity index (χ4v) is 4.14. The zero-order valence-corrected chi connectivity index (χ0v) is 16.1. The molecule has 1 N–H and O–H groups in total. The average Bonchev–Trinajstić information content (AvgIpc) is 3.17. The Morgan fingerprint density at radius 2 is 1.85 bits per heavy atom. The number of hydrogen-bond donors (Lipinski definition) is 1. The fraction of sp³-hybridized carbons (Fsp3) is 0.650.